The number of hydrogen-bond donors (Lipinski definition) is 1. The first-order chi connectivity index (χ1) is 13.6. The van der Waals surface area contributed by atoms with Gasteiger partial charge in [0.2, 0.25) is 5.91 Å². The normalized spacial score (nSPS) is 10.6. The van der Waals surface area contributed by atoms with Crippen molar-refractivity contribution in [3.63, 3.8) is 0 Å². The zero-order valence-electron chi connectivity index (χ0n) is 17.9. The Hall–Kier alpha value is -1.84. The predicted octanol–water partition coefficient (Wildman–Crippen LogP) is 5.86. The second-order valence-corrected chi connectivity index (χ2v) is 7.66. The van der Waals surface area contributed by atoms with Crippen LogP contribution in [0.25, 0.3) is 0 Å². The van der Waals surface area contributed by atoms with E-state index in [9.17, 15) is 9.59 Å². The van der Waals surface area contributed by atoms with Gasteiger partial charge in [0.15, 0.2) is 0 Å². The van der Waals surface area contributed by atoms with Gasteiger partial charge >= 0.3 is 5.97 Å². The number of rotatable bonds is 16. The number of carbonyl (C=O) groups excluding carboxylic acids is 2. The summed E-state index contributed by atoms with van der Waals surface area (Å²) in [7, 11) is 0. The van der Waals surface area contributed by atoms with Crippen molar-refractivity contribution in [1.29, 1.82) is 0 Å². The van der Waals surface area contributed by atoms with Crippen LogP contribution in [0.15, 0.2) is 24.3 Å². The molecule has 0 spiro atoms. The first-order valence-corrected chi connectivity index (χ1v) is 11.1. The molecule has 0 aliphatic carbocycles. The molecule has 0 aromatic heterocycles. The Morgan fingerprint density at radius 3 is 2.07 bits per heavy atom. The summed E-state index contributed by atoms with van der Waals surface area (Å²) in [4.78, 5) is 23.6. The molecule has 1 rings (SSSR count). The molecule has 1 aromatic rings. The van der Waals surface area contributed by atoms with Gasteiger partial charge in [0.25, 0.3) is 0 Å². The van der Waals surface area contributed by atoms with Crippen molar-refractivity contribution in [2.75, 3.05) is 6.61 Å². The van der Waals surface area contributed by atoms with Crippen LogP contribution in [-0.2, 0) is 20.9 Å². The lowest BCUT2D eigenvalue weighted by Crippen LogP contribution is -2.22. The fourth-order valence-electron chi connectivity index (χ4n) is 3.06. The van der Waals surface area contributed by atoms with Gasteiger partial charge in [-0.25, -0.2) is 0 Å². The van der Waals surface area contributed by atoms with Crippen LogP contribution in [0, 0.1) is 6.92 Å². The van der Waals surface area contributed by atoms with E-state index in [1.807, 2.05) is 31.2 Å². The highest BCUT2D eigenvalue weighted by molar-refractivity contribution is 5.77. The van der Waals surface area contributed by atoms with Crippen molar-refractivity contribution in [1.82, 2.24) is 5.32 Å². The quantitative estimate of drug-likeness (QED) is 0.285. The Morgan fingerprint density at radius 1 is 0.821 bits per heavy atom. The highest BCUT2D eigenvalue weighted by atomic mass is 16.5. The Kier molecular flexibility index (Phi) is 14.0. The van der Waals surface area contributed by atoms with E-state index in [0.29, 0.717) is 32.4 Å². The molecule has 0 aliphatic rings. The van der Waals surface area contributed by atoms with Gasteiger partial charge in [0.05, 0.1) is 6.61 Å². The average molecular weight is 390 g/mol. The van der Waals surface area contributed by atoms with Crippen LogP contribution in [0.2, 0.25) is 0 Å². The third-order valence-electron chi connectivity index (χ3n) is 4.91. The maximum absolute atomic E-state index is 11.8. The number of amides is 1. The molecule has 0 fully saturated rings. The Balaban J connectivity index is 1.91. The lowest BCUT2D eigenvalue weighted by Gasteiger charge is -2.07. The van der Waals surface area contributed by atoms with E-state index < -0.39 is 0 Å². The van der Waals surface area contributed by atoms with Gasteiger partial charge in [0.1, 0.15) is 0 Å². The number of ether oxygens (including phenoxy) is 1. The van der Waals surface area contributed by atoms with Crippen molar-refractivity contribution >= 4 is 11.9 Å². The second kappa shape index (κ2) is 16.1. The zero-order valence-corrected chi connectivity index (χ0v) is 17.9. The first-order valence-electron chi connectivity index (χ1n) is 11.1. The van der Waals surface area contributed by atoms with E-state index in [2.05, 4.69) is 12.2 Å². The molecule has 4 heteroatoms. The van der Waals surface area contributed by atoms with Gasteiger partial charge in [-0.05, 0) is 25.3 Å². The largest absolute Gasteiger partial charge is 0.466 e. The third kappa shape index (κ3) is 13.3. The van der Waals surface area contributed by atoms with Gasteiger partial charge in [0, 0.05) is 19.4 Å². The van der Waals surface area contributed by atoms with Crippen molar-refractivity contribution in [2.24, 2.45) is 0 Å². The average Bonchev–Trinajstić information content (AvgIpc) is 2.69. The van der Waals surface area contributed by atoms with Crippen molar-refractivity contribution in [3.05, 3.63) is 35.4 Å². The Morgan fingerprint density at radius 2 is 1.43 bits per heavy atom. The van der Waals surface area contributed by atoms with Crippen LogP contribution in [0.5, 0.6) is 0 Å². The molecule has 0 bridgehead atoms. The van der Waals surface area contributed by atoms with E-state index in [1.54, 1.807) is 0 Å². The summed E-state index contributed by atoms with van der Waals surface area (Å²) in [6.45, 7) is 5.32. The summed E-state index contributed by atoms with van der Waals surface area (Å²) in [5.74, 6) is -0.210. The summed E-state index contributed by atoms with van der Waals surface area (Å²) in [6, 6.07) is 8.09. The summed E-state index contributed by atoms with van der Waals surface area (Å²) in [5.41, 5.74) is 2.29. The Labute approximate surface area is 171 Å². The predicted molar refractivity (Wildman–Crippen MR) is 115 cm³/mol. The van der Waals surface area contributed by atoms with Crippen molar-refractivity contribution in [2.45, 2.75) is 97.4 Å². The molecule has 0 aliphatic heterocycles. The second-order valence-electron chi connectivity index (χ2n) is 7.66. The van der Waals surface area contributed by atoms with Crippen LogP contribution in [0.4, 0.5) is 0 Å². The molecule has 0 unspecified atom stereocenters. The summed E-state index contributed by atoms with van der Waals surface area (Å²) in [6.07, 6.45) is 12.5. The zero-order chi connectivity index (χ0) is 20.5. The van der Waals surface area contributed by atoms with E-state index in [4.69, 9.17) is 4.74 Å². The molecule has 0 atom stereocenters. The van der Waals surface area contributed by atoms with Gasteiger partial charge in [-0.15, -0.1) is 0 Å². The summed E-state index contributed by atoms with van der Waals surface area (Å²) < 4.78 is 5.25. The lowest BCUT2D eigenvalue weighted by molar-refractivity contribution is -0.143. The topological polar surface area (TPSA) is 55.4 Å². The molecule has 158 valence electrons. The molecule has 1 aromatic carbocycles. The van der Waals surface area contributed by atoms with E-state index >= 15 is 0 Å². The Bertz CT molecular complexity index is 539. The maximum atomic E-state index is 11.8. The molecular weight excluding hydrogens is 350 g/mol. The maximum Gasteiger partial charge on any atom is 0.305 e. The van der Waals surface area contributed by atoms with Gasteiger partial charge in [-0.3, -0.25) is 9.59 Å². The number of unbranched alkanes of at least 4 members (excludes halogenated alkanes) is 8. The SMILES string of the molecule is CCCCCCCCCCCOC(=O)CCCC(=O)NCc1ccc(C)cc1. The lowest BCUT2D eigenvalue weighted by atomic mass is 10.1. The molecule has 1 N–H and O–H groups in total. The van der Waals surface area contributed by atoms with Crippen molar-refractivity contribution in [3.8, 4) is 0 Å². The molecule has 0 radical (unpaired) electrons. The molecule has 28 heavy (non-hydrogen) atoms. The number of aryl methyl sites for hydroxylation is 1. The minimum atomic E-state index is -0.189. The van der Waals surface area contributed by atoms with Gasteiger partial charge in [-0.2, -0.15) is 0 Å². The summed E-state index contributed by atoms with van der Waals surface area (Å²) in [5, 5.41) is 2.89. The van der Waals surface area contributed by atoms with Crippen LogP contribution in [0.3, 0.4) is 0 Å². The minimum absolute atomic E-state index is 0.0210. The van der Waals surface area contributed by atoms with E-state index in [1.165, 1.54) is 50.5 Å². The number of nitrogens with one attached hydrogen (secondary N) is 1. The van der Waals surface area contributed by atoms with Crippen LogP contribution in [-0.4, -0.2) is 18.5 Å². The molecule has 0 heterocycles. The number of carbonyl (C=O) groups is 2. The fourth-order valence-corrected chi connectivity index (χ4v) is 3.06. The van der Waals surface area contributed by atoms with Crippen LogP contribution in [0.1, 0.15) is 95.1 Å². The molecule has 4 nitrogen and oxygen atoms in total. The number of esters is 1. The fraction of sp³-hybridized carbons (Fsp3) is 0.667. The van der Waals surface area contributed by atoms with E-state index in [0.717, 1.165) is 18.4 Å². The molecular formula is C24H39NO3. The molecule has 1 amide bonds. The third-order valence-corrected chi connectivity index (χ3v) is 4.91. The highest BCUT2D eigenvalue weighted by Crippen LogP contribution is 2.10. The smallest absolute Gasteiger partial charge is 0.305 e. The van der Waals surface area contributed by atoms with Gasteiger partial charge < -0.3 is 10.1 Å². The van der Waals surface area contributed by atoms with Crippen molar-refractivity contribution < 1.29 is 14.3 Å². The number of benzene rings is 1. The standard InChI is InChI=1S/C24H39NO3/c1-3-4-5-6-7-8-9-10-11-19-28-24(27)14-12-13-23(26)25-20-22-17-15-21(2)16-18-22/h15-18H,3-14,19-20H2,1-2H3,(H,25,26). The van der Waals surface area contributed by atoms with Gasteiger partial charge in [-0.1, -0.05) is 88.1 Å². The first kappa shape index (κ1) is 24.2. The molecule has 0 saturated heterocycles. The highest BCUT2D eigenvalue weighted by Gasteiger charge is 2.06. The monoisotopic (exact) mass is 389 g/mol. The summed E-state index contributed by atoms with van der Waals surface area (Å²) >= 11 is 0. The van der Waals surface area contributed by atoms with Crippen LogP contribution < -0.4 is 5.32 Å². The molecule has 0 saturated carbocycles. The van der Waals surface area contributed by atoms with Crippen LogP contribution >= 0.6 is 0 Å². The number of hydrogen-bond acceptors (Lipinski definition) is 3. The minimum Gasteiger partial charge on any atom is -0.466 e. The van der Waals surface area contributed by atoms with E-state index in [-0.39, 0.29) is 11.9 Å².